The number of nitrogens with zero attached hydrogens (tertiary/aromatic N) is 1. The van der Waals surface area contributed by atoms with Gasteiger partial charge < -0.3 is 14.6 Å². The molecule has 0 saturated carbocycles. The van der Waals surface area contributed by atoms with Crippen molar-refractivity contribution in [2.75, 3.05) is 20.2 Å². The van der Waals surface area contributed by atoms with Crippen LogP contribution in [0.2, 0.25) is 0 Å². The van der Waals surface area contributed by atoms with Gasteiger partial charge in [-0.15, -0.1) is 0 Å². The zero-order valence-corrected chi connectivity index (χ0v) is 12.5. The molecule has 1 aromatic heterocycles. The lowest BCUT2D eigenvalue weighted by Gasteiger charge is -2.18. The van der Waals surface area contributed by atoms with E-state index in [9.17, 15) is 4.79 Å². The van der Waals surface area contributed by atoms with Crippen molar-refractivity contribution in [2.45, 2.75) is 31.8 Å². The fourth-order valence-electron chi connectivity index (χ4n) is 2.93. The zero-order valence-electron chi connectivity index (χ0n) is 12.5. The van der Waals surface area contributed by atoms with Gasteiger partial charge >= 0.3 is 0 Å². The Morgan fingerprint density at radius 2 is 2.33 bits per heavy atom. The standard InChI is InChI=1S/C17H22N2O2/c1-19(10-2-4-15-5-3-11-21-15)17(20)14-7-6-13-8-9-18-16(13)12-14/h6-9,12,15,18H,2-5,10-11H2,1H3/t15-/m0/s1. The summed E-state index contributed by atoms with van der Waals surface area (Å²) in [6, 6.07) is 7.82. The largest absolute Gasteiger partial charge is 0.378 e. The van der Waals surface area contributed by atoms with Crippen LogP contribution in [0.25, 0.3) is 10.9 Å². The summed E-state index contributed by atoms with van der Waals surface area (Å²) in [5.74, 6) is 0.0823. The van der Waals surface area contributed by atoms with E-state index in [0.29, 0.717) is 6.10 Å². The molecule has 21 heavy (non-hydrogen) atoms. The molecule has 1 fully saturated rings. The smallest absolute Gasteiger partial charge is 0.253 e. The maximum absolute atomic E-state index is 12.4. The molecule has 1 aromatic carbocycles. The molecule has 0 unspecified atom stereocenters. The van der Waals surface area contributed by atoms with Crippen LogP contribution < -0.4 is 0 Å². The number of hydrogen-bond acceptors (Lipinski definition) is 2. The van der Waals surface area contributed by atoms with Crippen molar-refractivity contribution in [3.63, 3.8) is 0 Å². The number of amides is 1. The van der Waals surface area contributed by atoms with Crippen LogP contribution in [0, 0.1) is 0 Å². The van der Waals surface area contributed by atoms with Crippen molar-refractivity contribution in [1.29, 1.82) is 0 Å². The van der Waals surface area contributed by atoms with E-state index in [-0.39, 0.29) is 5.91 Å². The highest BCUT2D eigenvalue weighted by Gasteiger charge is 2.16. The number of ether oxygens (including phenoxy) is 1. The fraction of sp³-hybridized carbons (Fsp3) is 0.471. The summed E-state index contributed by atoms with van der Waals surface area (Å²) in [6.45, 7) is 1.68. The molecule has 1 aliphatic rings. The Hall–Kier alpha value is -1.81. The Labute approximate surface area is 125 Å². The summed E-state index contributed by atoms with van der Waals surface area (Å²) in [6.07, 6.45) is 6.69. The molecule has 112 valence electrons. The van der Waals surface area contributed by atoms with Crippen LogP contribution in [-0.2, 0) is 4.74 Å². The van der Waals surface area contributed by atoms with E-state index in [2.05, 4.69) is 4.98 Å². The van der Waals surface area contributed by atoms with E-state index in [1.165, 1.54) is 12.8 Å². The topological polar surface area (TPSA) is 45.3 Å². The van der Waals surface area contributed by atoms with Gasteiger partial charge in [-0.3, -0.25) is 4.79 Å². The molecule has 0 bridgehead atoms. The molecule has 0 spiro atoms. The lowest BCUT2D eigenvalue weighted by Crippen LogP contribution is -2.28. The summed E-state index contributed by atoms with van der Waals surface area (Å²) in [7, 11) is 1.87. The molecule has 2 heterocycles. The Morgan fingerprint density at radius 3 is 3.14 bits per heavy atom. The molecule has 1 N–H and O–H groups in total. The molecule has 1 atom stereocenters. The predicted molar refractivity (Wildman–Crippen MR) is 83.5 cm³/mol. The molecule has 1 saturated heterocycles. The highest BCUT2D eigenvalue weighted by atomic mass is 16.5. The average Bonchev–Trinajstić information content (AvgIpc) is 3.16. The molecule has 1 amide bonds. The first-order valence-corrected chi connectivity index (χ1v) is 7.68. The summed E-state index contributed by atoms with van der Waals surface area (Å²) in [4.78, 5) is 17.4. The van der Waals surface area contributed by atoms with Crippen molar-refractivity contribution >= 4 is 16.8 Å². The molecular weight excluding hydrogens is 264 g/mol. The highest BCUT2D eigenvalue weighted by molar-refractivity contribution is 5.97. The molecule has 0 radical (unpaired) electrons. The number of aromatic amines is 1. The monoisotopic (exact) mass is 286 g/mol. The highest BCUT2D eigenvalue weighted by Crippen LogP contribution is 2.18. The first kappa shape index (κ1) is 14.1. The molecule has 4 nitrogen and oxygen atoms in total. The van der Waals surface area contributed by atoms with Crippen LogP contribution in [0.4, 0.5) is 0 Å². The first-order chi connectivity index (χ1) is 10.2. The third-order valence-electron chi connectivity index (χ3n) is 4.19. The van der Waals surface area contributed by atoms with Crippen LogP contribution in [0.1, 0.15) is 36.0 Å². The van der Waals surface area contributed by atoms with Crippen molar-refractivity contribution in [3.8, 4) is 0 Å². The number of fused-ring (bicyclic) bond motifs is 1. The molecule has 1 aliphatic heterocycles. The zero-order chi connectivity index (χ0) is 14.7. The third-order valence-corrected chi connectivity index (χ3v) is 4.19. The van der Waals surface area contributed by atoms with E-state index in [4.69, 9.17) is 4.74 Å². The number of benzene rings is 1. The summed E-state index contributed by atoms with van der Waals surface area (Å²) in [5.41, 5.74) is 1.75. The summed E-state index contributed by atoms with van der Waals surface area (Å²) in [5, 5.41) is 1.13. The quantitative estimate of drug-likeness (QED) is 0.917. The van der Waals surface area contributed by atoms with E-state index in [1.807, 2.05) is 37.5 Å². The van der Waals surface area contributed by atoms with Crippen molar-refractivity contribution in [2.24, 2.45) is 0 Å². The molecule has 3 rings (SSSR count). The van der Waals surface area contributed by atoms with Gasteiger partial charge in [-0.25, -0.2) is 0 Å². The number of aromatic nitrogens is 1. The van der Waals surface area contributed by atoms with E-state index < -0.39 is 0 Å². The minimum atomic E-state index is 0.0823. The average molecular weight is 286 g/mol. The number of hydrogen-bond donors (Lipinski definition) is 1. The SMILES string of the molecule is CN(CCC[C@H]1CCCO1)C(=O)c1ccc2cc[nH]c2c1. The second-order valence-electron chi connectivity index (χ2n) is 5.78. The van der Waals surface area contributed by atoms with Gasteiger partial charge in [0, 0.05) is 37.5 Å². The lowest BCUT2D eigenvalue weighted by molar-refractivity contribution is 0.0763. The van der Waals surface area contributed by atoms with Crippen LogP contribution in [0.15, 0.2) is 30.5 Å². The van der Waals surface area contributed by atoms with Crippen molar-refractivity contribution in [3.05, 3.63) is 36.0 Å². The van der Waals surface area contributed by atoms with E-state index in [0.717, 1.165) is 42.5 Å². The van der Waals surface area contributed by atoms with Crippen LogP contribution in [-0.4, -0.2) is 42.1 Å². The van der Waals surface area contributed by atoms with Crippen molar-refractivity contribution in [1.82, 2.24) is 9.88 Å². The maximum Gasteiger partial charge on any atom is 0.253 e. The van der Waals surface area contributed by atoms with Gasteiger partial charge in [0.05, 0.1) is 6.10 Å². The lowest BCUT2D eigenvalue weighted by atomic mass is 10.1. The van der Waals surface area contributed by atoms with Gasteiger partial charge in [0.25, 0.3) is 5.91 Å². The Bertz CT molecular complexity index is 614. The normalized spacial score (nSPS) is 18.2. The number of carbonyl (C=O) groups excluding carboxylic acids is 1. The van der Waals surface area contributed by atoms with Gasteiger partial charge in [-0.1, -0.05) is 6.07 Å². The van der Waals surface area contributed by atoms with Crippen LogP contribution in [0.5, 0.6) is 0 Å². The van der Waals surface area contributed by atoms with Crippen LogP contribution >= 0.6 is 0 Å². The Balaban J connectivity index is 1.55. The number of rotatable bonds is 5. The van der Waals surface area contributed by atoms with E-state index >= 15 is 0 Å². The molecule has 0 aliphatic carbocycles. The van der Waals surface area contributed by atoms with Crippen molar-refractivity contribution < 1.29 is 9.53 Å². The molecule has 2 aromatic rings. The van der Waals surface area contributed by atoms with Gasteiger partial charge in [0.15, 0.2) is 0 Å². The second kappa shape index (κ2) is 6.31. The molecule has 4 heteroatoms. The Kier molecular flexibility index (Phi) is 4.25. The van der Waals surface area contributed by atoms with Gasteiger partial charge in [-0.2, -0.15) is 0 Å². The molecular formula is C17H22N2O2. The maximum atomic E-state index is 12.4. The van der Waals surface area contributed by atoms with E-state index in [1.54, 1.807) is 4.90 Å². The summed E-state index contributed by atoms with van der Waals surface area (Å²) >= 11 is 0. The Morgan fingerprint density at radius 1 is 1.43 bits per heavy atom. The van der Waals surface area contributed by atoms with Crippen LogP contribution in [0.3, 0.4) is 0 Å². The number of nitrogens with one attached hydrogen (secondary N) is 1. The number of H-pyrrole nitrogens is 1. The van der Waals surface area contributed by atoms with Gasteiger partial charge in [-0.05, 0) is 49.3 Å². The summed E-state index contributed by atoms with van der Waals surface area (Å²) < 4.78 is 5.61. The second-order valence-corrected chi connectivity index (χ2v) is 5.78. The minimum Gasteiger partial charge on any atom is -0.378 e. The minimum absolute atomic E-state index is 0.0823. The predicted octanol–water partition coefficient (Wildman–Crippen LogP) is 3.20. The van der Waals surface area contributed by atoms with Gasteiger partial charge in [0.1, 0.15) is 0 Å². The number of carbonyl (C=O) groups is 1. The van der Waals surface area contributed by atoms with Gasteiger partial charge in [0.2, 0.25) is 0 Å². The third kappa shape index (κ3) is 3.27. The fourth-order valence-corrected chi connectivity index (χ4v) is 2.93. The first-order valence-electron chi connectivity index (χ1n) is 7.68.